The number of hydrogen-bond acceptors (Lipinski definition) is 2. The van der Waals surface area contributed by atoms with Crippen molar-refractivity contribution in [2.45, 2.75) is 45.4 Å². The van der Waals surface area contributed by atoms with E-state index in [1.807, 2.05) is 13.8 Å². The van der Waals surface area contributed by atoms with Crippen LogP contribution in [-0.2, 0) is 20.4 Å². The number of carbonyl (C=O) groups is 2. The molecular weight excluding hydrogens is 238 g/mol. The maximum atomic E-state index is 11.0. The molecule has 0 heterocycles. The Kier molecular flexibility index (Phi) is 4.51. The zero-order chi connectivity index (χ0) is 14.7. The van der Waals surface area contributed by atoms with Crippen LogP contribution in [0.5, 0.6) is 0 Å². The molecule has 0 fully saturated rings. The number of nitrogens with one attached hydrogen (secondary N) is 1. The van der Waals surface area contributed by atoms with Gasteiger partial charge in [-0.1, -0.05) is 58.9 Å². The van der Waals surface area contributed by atoms with Gasteiger partial charge in [0.1, 0.15) is 0 Å². The molecule has 1 aromatic carbocycles. The van der Waals surface area contributed by atoms with Gasteiger partial charge in [0.15, 0.2) is 0 Å². The summed E-state index contributed by atoms with van der Waals surface area (Å²) in [6.45, 7) is 11.1. The molecule has 0 saturated carbocycles. The zero-order valence-corrected chi connectivity index (χ0v) is 12.4. The monoisotopic (exact) mass is 261 g/mol. The fourth-order valence-electron chi connectivity index (χ4n) is 1.87. The molecule has 0 radical (unpaired) electrons. The van der Waals surface area contributed by atoms with Gasteiger partial charge in [-0.25, -0.2) is 0 Å². The van der Waals surface area contributed by atoms with E-state index in [-0.39, 0.29) is 10.8 Å². The normalized spacial score (nSPS) is 12.1. The van der Waals surface area contributed by atoms with Crippen LogP contribution in [0.3, 0.4) is 0 Å². The molecule has 104 valence electrons. The zero-order valence-electron chi connectivity index (χ0n) is 12.4. The van der Waals surface area contributed by atoms with Crippen LogP contribution in [0.2, 0.25) is 0 Å². The summed E-state index contributed by atoms with van der Waals surface area (Å²) in [5.74, 6) is -0.570. The van der Waals surface area contributed by atoms with Crippen molar-refractivity contribution in [2.24, 2.45) is 0 Å². The number of benzene rings is 1. The third-order valence-electron chi connectivity index (χ3n) is 3.34. The van der Waals surface area contributed by atoms with Crippen LogP contribution in [0.4, 0.5) is 0 Å². The number of amides is 1. The minimum atomic E-state index is -0.570. The average Bonchev–Trinajstić information content (AvgIpc) is 2.35. The Labute approximate surface area is 115 Å². The van der Waals surface area contributed by atoms with Crippen LogP contribution in [0.1, 0.15) is 45.7 Å². The lowest BCUT2D eigenvalue weighted by Gasteiger charge is -2.27. The molecule has 3 nitrogen and oxygen atoms in total. The van der Waals surface area contributed by atoms with Gasteiger partial charge < -0.3 is 5.32 Å². The Morgan fingerprint density at radius 1 is 1.05 bits per heavy atom. The largest absolute Gasteiger partial charge is 0.349 e. The third kappa shape index (κ3) is 4.19. The minimum absolute atomic E-state index is 0.133. The number of rotatable bonds is 4. The number of carbonyl (C=O) groups excluding carboxylic acids is 2. The standard InChI is InChI=1S/C16H23NO2/c1-15(2,3)12-6-8-13(9-7-12)16(4,5)11-17-14(19)10-18/h6-10H,11H2,1-5H3,(H,17,19). The van der Waals surface area contributed by atoms with Gasteiger partial charge in [-0.3, -0.25) is 9.59 Å². The molecule has 0 unspecified atom stereocenters. The second-order valence-electron chi connectivity index (χ2n) is 6.55. The number of aldehydes is 1. The molecule has 0 aliphatic rings. The van der Waals surface area contributed by atoms with Crippen LogP contribution in [-0.4, -0.2) is 18.7 Å². The molecule has 1 N–H and O–H groups in total. The van der Waals surface area contributed by atoms with Gasteiger partial charge >= 0.3 is 0 Å². The molecule has 0 aliphatic heterocycles. The van der Waals surface area contributed by atoms with E-state index in [9.17, 15) is 9.59 Å². The second-order valence-corrected chi connectivity index (χ2v) is 6.55. The first-order valence-corrected chi connectivity index (χ1v) is 6.51. The Morgan fingerprint density at radius 2 is 1.53 bits per heavy atom. The molecule has 0 bridgehead atoms. The van der Waals surface area contributed by atoms with E-state index in [4.69, 9.17) is 0 Å². The fraction of sp³-hybridized carbons (Fsp3) is 0.500. The van der Waals surface area contributed by atoms with Crippen LogP contribution in [0, 0.1) is 0 Å². The summed E-state index contributed by atoms with van der Waals surface area (Å²) in [5, 5.41) is 2.61. The molecule has 3 heteroatoms. The van der Waals surface area contributed by atoms with E-state index in [0.29, 0.717) is 12.8 Å². The van der Waals surface area contributed by atoms with Crippen LogP contribution in [0.15, 0.2) is 24.3 Å². The van der Waals surface area contributed by atoms with Gasteiger partial charge in [0.25, 0.3) is 5.91 Å². The smallest absolute Gasteiger partial charge is 0.284 e. The topological polar surface area (TPSA) is 46.2 Å². The molecule has 0 aromatic heterocycles. The van der Waals surface area contributed by atoms with Gasteiger partial charge in [-0.05, 0) is 16.5 Å². The van der Waals surface area contributed by atoms with Gasteiger partial charge in [0.05, 0.1) is 0 Å². The molecule has 19 heavy (non-hydrogen) atoms. The maximum Gasteiger partial charge on any atom is 0.284 e. The first kappa shape index (κ1) is 15.4. The van der Waals surface area contributed by atoms with E-state index in [1.54, 1.807) is 0 Å². The van der Waals surface area contributed by atoms with E-state index in [0.717, 1.165) is 5.56 Å². The van der Waals surface area contributed by atoms with Crippen molar-refractivity contribution in [3.05, 3.63) is 35.4 Å². The molecular formula is C16H23NO2. The van der Waals surface area contributed by atoms with Crippen molar-refractivity contribution >= 4 is 12.2 Å². The van der Waals surface area contributed by atoms with Crippen LogP contribution >= 0.6 is 0 Å². The maximum absolute atomic E-state index is 11.0. The van der Waals surface area contributed by atoms with E-state index >= 15 is 0 Å². The van der Waals surface area contributed by atoms with E-state index < -0.39 is 5.91 Å². The third-order valence-corrected chi connectivity index (χ3v) is 3.34. The molecule has 1 aromatic rings. The molecule has 0 aliphatic carbocycles. The Morgan fingerprint density at radius 3 is 1.95 bits per heavy atom. The summed E-state index contributed by atoms with van der Waals surface area (Å²) in [7, 11) is 0. The van der Waals surface area contributed by atoms with Gasteiger partial charge in [-0.15, -0.1) is 0 Å². The van der Waals surface area contributed by atoms with Crippen molar-refractivity contribution in [1.29, 1.82) is 0 Å². The Hall–Kier alpha value is -1.64. The summed E-state index contributed by atoms with van der Waals surface area (Å²) in [5.41, 5.74) is 2.36. The van der Waals surface area contributed by atoms with Crippen molar-refractivity contribution < 1.29 is 9.59 Å². The summed E-state index contributed by atoms with van der Waals surface area (Å²) in [6.07, 6.45) is 0.304. The molecule has 0 spiro atoms. The Balaban J connectivity index is 2.84. The fourth-order valence-corrected chi connectivity index (χ4v) is 1.87. The van der Waals surface area contributed by atoms with Gasteiger partial charge in [0.2, 0.25) is 6.29 Å². The quantitative estimate of drug-likeness (QED) is 0.669. The average molecular weight is 261 g/mol. The van der Waals surface area contributed by atoms with Crippen molar-refractivity contribution in [3.8, 4) is 0 Å². The molecule has 1 rings (SSSR count). The molecule has 0 saturated heterocycles. The SMILES string of the molecule is CC(C)(C)c1ccc(C(C)(C)CNC(=O)C=O)cc1. The van der Waals surface area contributed by atoms with E-state index in [2.05, 4.69) is 50.4 Å². The number of hydrogen-bond donors (Lipinski definition) is 1. The highest BCUT2D eigenvalue weighted by Gasteiger charge is 2.22. The van der Waals surface area contributed by atoms with Crippen LogP contribution < -0.4 is 5.32 Å². The first-order chi connectivity index (χ1) is 8.66. The highest BCUT2D eigenvalue weighted by molar-refractivity contribution is 6.23. The predicted octanol–water partition coefficient (Wildman–Crippen LogP) is 2.58. The lowest BCUT2D eigenvalue weighted by atomic mass is 9.81. The van der Waals surface area contributed by atoms with Gasteiger partial charge in [0, 0.05) is 12.0 Å². The summed E-state index contributed by atoms with van der Waals surface area (Å²) in [4.78, 5) is 21.3. The summed E-state index contributed by atoms with van der Waals surface area (Å²) in [6, 6.07) is 8.43. The lowest BCUT2D eigenvalue weighted by molar-refractivity contribution is -0.131. The first-order valence-electron chi connectivity index (χ1n) is 6.51. The highest BCUT2D eigenvalue weighted by atomic mass is 16.2. The summed E-state index contributed by atoms with van der Waals surface area (Å²) < 4.78 is 0. The van der Waals surface area contributed by atoms with Gasteiger partial charge in [-0.2, -0.15) is 0 Å². The second kappa shape index (κ2) is 5.55. The minimum Gasteiger partial charge on any atom is -0.349 e. The molecule has 1 amide bonds. The van der Waals surface area contributed by atoms with Crippen molar-refractivity contribution in [1.82, 2.24) is 5.32 Å². The lowest BCUT2D eigenvalue weighted by Crippen LogP contribution is -2.37. The highest BCUT2D eigenvalue weighted by Crippen LogP contribution is 2.27. The van der Waals surface area contributed by atoms with Crippen molar-refractivity contribution in [3.63, 3.8) is 0 Å². The summed E-state index contributed by atoms with van der Waals surface area (Å²) >= 11 is 0. The Bertz CT molecular complexity index is 453. The predicted molar refractivity (Wildman–Crippen MR) is 77.2 cm³/mol. The van der Waals surface area contributed by atoms with E-state index in [1.165, 1.54) is 5.56 Å². The van der Waals surface area contributed by atoms with Crippen LogP contribution in [0.25, 0.3) is 0 Å². The van der Waals surface area contributed by atoms with Crippen molar-refractivity contribution in [2.75, 3.05) is 6.54 Å². The molecule has 0 atom stereocenters.